The van der Waals surface area contributed by atoms with Gasteiger partial charge in [0.05, 0.1) is 4.91 Å². The first-order chi connectivity index (χ1) is 11.9. The fourth-order valence-electron chi connectivity index (χ4n) is 2.98. The number of rotatable bonds is 4. The molecule has 0 bridgehead atoms. The second-order valence-corrected chi connectivity index (χ2v) is 7.40. The molecule has 1 aromatic heterocycles. The normalized spacial score (nSPS) is 16.3. The van der Waals surface area contributed by atoms with Gasteiger partial charge < -0.3 is 4.57 Å². The van der Waals surface area contributed by atoms with Gasteiger partial charge in [0.25, 0.3) is 11.1 Å². The van der Waals surface area contributed by atoms with E-state index >= 15 is 0 Å². The molecular formula is C19H19ClN2O2S. The molecule has 1 aliphatic heterocycles. The third-order valence-electron chi connectivity index (χ3n) is 4.16. The monoisotopic (exact) mass is 374 g/mol. The molecule has 1 saturated heterocycles. The molecule has 0 saturated carbocycles. The van der Waals surface area contributed by atoms with E-state index in [2.05, 4.69) is 4.57 Å². The van der Waals surface area contributed by atoms with Gasteiger partial charge in [0.2, 0.25) is 0 Å². The molecule has 3 rings (SSSR count). The van der Waals surface area contributed by atoms with Crippen molar-refractivity contribution >= 4 is 40.6 Å². The molecule has 2 aromatic rings. The summed E-state index contributed by atoms with van der Waals surface area (Å²) in [6.45, 7) is 6.43. The molecule has 1 aliphatic rings. The van der Waals surface area contributed by atoms with Crippen LogP contribution in [0.5, 0.6) is 0 Å². The van der Waals surface area contributed by atoms with Crippen molar-refractivity contribution in [1.29, 1.82) is 0 Å². The van der Waals surface area contributed by atoms with Gasteiger partial charge >= 0.3 is 0 Å². The first kappa shape index (κ1) is 17.8. The number of aryl methyl sites for hydroxylation is 1. The summed E-state index contributed by atoms with van der Waals surface area (Å²) in [5.41, 5.74) is 4.02. The van der Waals surface area contributed by atoms with E-state index in [1.807, 2.05) is 57.2 Å². The highest BCUT2D eigenvalue weighted by atomic mass is 35.5. The number of benzene rings is 1. The molecule has 130 valence electrons. The highest BCUT2D eigenvalue weighted by Gasteiger charge is 2.34. The minimum atomic E-state index is -0.201. The van der Waals surface area contributed by atoms with Gasteiger partial charge in [-0.1, -0.05) is 18.5 Å². The fraction of sp³-hybridized carbons (Fsp3) is 0.263. The van der Waals surface area contributed by atoms with Crippen molar-refractivity contribution in [1.82, 2.24) is 9.47 Å². The molecular weight excluding hydrogens is 356 g/mol. The number of hydrogen-bond donors (Lipinski definition) is 0. The number of amides is 2. The lowest BCUT2D eigenvalue weighted by Crippen LogP contribution is -2.28. The van der Waals surface area contributed by atoms with Crippen LogP contribution in [0.25, 0.3) is 11.8 Å². The van der Waals surface area contributed by atoms with Crippen molar-refractivity contribution in [3.63, 3.8) is 0 Å². The molecule has 4 nitrogen and oxygen atoms in total. The Bertz CT molecular complexity index is 868. The first-order valence-corrected chi connectivity index (χ1v) is 9.32. The molecule has 25 heavy (non-hydrogen) atoms. The standard InChI is InChI=1S/C19H19ClN2O2S/c1-4-9-21-18(23)17(25-19(21)24)11-14-10-12(2)22(13(14)3)16-7-5-15(20)6-8-16/h5-8,10-11H,4,9H2,1-3H3/b17-11-. The largest absolute Gasteiger partial charge is 0.318 e. The topological polar surface area (TPSA) is 42.3 Å². The Hall–Kier alpha value is -1.98. The van der Waals surface area contributed by atoms with Gasteiger partial charge in [-0.15, -0.1) is 0 Å². The third-order valence-corrected chi connectivity index (χ3v) is 5.32. The van der Waals surface area contributed by atoms with Crippen molar-refractivity contribution in [3.8, 4) is 5.69 Å². The summed E-state index contributed by atoms with van der Waals surface area (Å²) in [4.78, 5) is 26.2. The maximum absolute atomic E-state index is 12.4. The van der Waals surface area contributed by atoms with Crippen LogP contribution in [0.1, 0.15) is 30.3 Å². The molecule has 2 heterocycles. The number of hydrogen-bond acceptors (Lipinski definition) is 3. The zero-order valence-electron chi connectivity index (χ0n) is 14.4. The van der Waals surface area contributed by atoms with E-state index in [4.69, 9.17) is 11.6 Å². The Labute approximate surface area is 156 Å². The summed E-state index contributed by atoms with van der Waals surface area (Å²) in [6.07, 6.45) is 2.58. The summed E-state index contributed by atoms with van der Waals surface area (Å²) in [5, 5.41) is 0.501. The van der Waals surface area contributed by atoms with Crippen LogP contribution in [0.15, 0.2) is 35.2 Å². The van der Waals surface area contributed by atoms with Crippen LogP contribution in [-0.2, 0) is 4.79 Å². The van der Waals surface area contributed by atoms with Gasteiger partial charge in [-0.05, 0) is 74.0 Å². The molecule has 0 unspecified atom stereocenters. The number of halogens is 1. The van der Waals surface area contributed by atoms with E-state index in [1.54, 1.807) is 0 Å². The maximum Gasteiger partial charge on any atom is 0.293 e. The maximum atomic E-state index is 12.4. The molecule has 2 amide bonds. The van der Waals surface area contributed by atoms with Crippen LogP contribution in [0.2, 0.25) is 5.02 Å². The van der Waals surface area contributed by atoms with Crippen LogP contribution in [0, 0.1) is 13.8 Å². The van der Waals surface area contributed by atoms with Gasteiger partial charge in [0.15, 0.2) is 0 Å². The molecule has 0 radical (unpaired) electrons. The van der Waals surface area contributed by atoms with E-state index in [0.29, 0.717) is 16.5 Å². The highest BCUT2D eigenvalue weighted by Crippen LogP contribution is 2.33. The smallest absolute Gasteiger partial charge is 0.293 e. The van der Waals surface area contributed by atoms with Crippen LogP contribution >= 0.6 is 23.4 Å². The Morgan fingerprint density at radius 2 is 1.84 bits per heavy atom. The van der Waals surface area contributed by atoms with Gasteiger partial charge in [-0.3, -0.25) is 14.5 Å². The van der Waals surface area contributed by atoms with Crippen molar-refractivity contribution in [3.05, 3.63) is 57.2 Å². The van der Waals surface area contributed by atoms with Crippen molar-refractivity contribution in [2.75, 3.05) is 6.54 Å². The van der Waals surface area contributed by atoms with Gasteiger partial charge in [-0.25, -0.2) is 0 Å². The number of imide groups is 1. The summed E-state index contributed by atoms with van der Waals surface area (Å²) in [5.74, 6) is -0.201. The minimum absolute atomic E-state index is 0.190. The lowest BCUT2D eigenvalue weighted by molar-refractivity contribution is -0.122. The summed E-state index contributed by atoms with van der Waals surface area (Å²) in [6, 6.07) is 9.65. The summed E-state index contributed by atoms with van der Waals surface area (Å²) in [7, 11) is 0. The quantitative estimate of drug-likeness (QED) is 0.691. The molecule has 6 heteroatoms. The van der Waals surface area contributed by atoms with E-state index in [9.17, 15) is 9.59 Å². The predicted octanol–water partition coefficient (Wildman–Crippen LogP) is 5.19. The minimum Gasteiger partial charge on any atom is -0.318 e. The predicted molar refractivity (Wildman–Crippen MR) is 103 cm³/mol. The Kier molecular flexibility index (Phi) is 5.06. The van der Waals surface area contributed by atoms with Crippen molar-refractivity contribution < 1.29 is 9.59 Å². The van der Waals surface area contributed by atoms with E-state index in [1.165, 1.54) is 4.90 Å². The summed E-state index contributed by atoms with van der Waals surface area (Å²) >= 11 is 6.98. The Balaban J connectivity index is 1.97. The number of nitrogens with zero attached hydrogens (tertiary/aromatic N) is 2. The average Bonchev–Trinajstić information content (AvgIpc) is 3.00. The van der Waals surface area contributed by atoms with E-state index in [-0.39, 0.29) is 11.1 Å². The Morgan fingerprint density at radius 1 is 1.16 bits per heavy atom. The molecule has 1 aromatic carbocycles. The lowest BCUT2D eigenvalue weighted by atomic mass is 10.2. The van der Waals surface area contributed by atoms with Crippen LogP contribution in [0.4, 0.5) is 4.79 Å². The third kappa shape index (κ3) is 3.39. The second-order valence-electron chi connectivity index (χ2n) is 5.97. The van der Waals surface area contributed by atoms with Gasteiger partial charge in [0.1, 0.15) is 0 Å². The second kappa shape index (κ2) is 7.10. The Morgan fingerprint density at radius 3 is 2.48 bits per heavy atom. The fourth-order valence-corrected chi connectivity index (χ4v) is 3.96. The number of carbonyl (C=O) groups excluding carboxylic acids is 2. The number of aromatic nitrogens is 1. The highest BCUT2D eigenvalue weighted by molar-refractivity contribution is 8.18. The summed E-state index contributed by atoms with van der Waals surface area (Å²) < 4.78 is 2.11. The van der Waals surface area contributed by atoms with Crippen molar-refractivity contribution in [2.45, 2.75) is 27.2 Å². The van der Waals surface area contributed by atoms with Crippen LogP contribution < -0.4 is 0 Å². The molecule has 1 fully saturated rings. The number of thioether (sulfide) groups is 1. The van der Waals surface area contributed by atoms with E-state index < -0.39 is 0 Å². The molecule has 0 spiro atoms. The van der Waals surface area contributed by atoms with E-state index in [0.717, 1.165) is 40.8 Å². The van der Waals surface area contributed by atoms with Crippen LogP contribution in [0.3, 0.4) is 0 Å². The van der Waals surface area contributed by atoms with Crippen LogP contribution in [-0.4, -0.2) is 27.2 Å². The first-order valence-electron chi connectivity index (χ1n) is 8.12. The molecule has 0 atom stereocenters. The van der Waals surface area contributed by atoms with Gasteiger partial charge in [0, 0.05) is 28.6 Å². The lowest BCUT2D eigenvalue weighted by Gasteiger charge is -2.10. The number of carbonyl (C=O) groups is 2. The zero-order valence-corrected chi connectivity index (χ0v) is 15.9. The van der Waals surface area contributed by atoms with Gasteiger partial charge in [-0.2, -0.15) is 0 Å². The average molecular weight is 375 g/mol. The zero-order chi connectivity index (χ0) is 18.1. The van der Waals surface area contributed by atoms with Crippen molar-refractivity contribution in [2.24, 2.45) is 0 Å². The molecule has 0 N–H and O–H groups in total. The SMILES string of the molecule is CCCN1C(=O)S/C(=C\c2cc(C)n(-c3ccc(Cl)cc3)c2C)C1=O. The molecule has 0 aliphatic carbocycles.